The van der Waals surface area contributed by atoms with Crippen LogP contribution in [0.4, 0.5) is 13.2 Å². The van der Waals surface area contributed by atoms with Gasteiger partial charge in [-0.3, -0.25) is 4.79 Å². The lowest BCUT2D eigenvalue weighted by Gasteiger charge is -2.38. The Labute approximate surface area is 154 Å². The Bertz CT molecular complexity index is 832. The van der Waals surface area contributed by atoms with Crippen molar-refractivity contribution < 1.29 is 18.0 Å². The molecule has 0 radical (unpaired) electrons. The Kier molecular flexibility index (Phi) is 4.41. The first kappa shape index (κ1) is 18.0. The van der Waals surface area contributed by atoms with Crippen LogP contribution in [0.25, 0.3) is 5.69 Å². The molecule has 2 fully saturated rings. The van der Waals surface area contributed by atoms with E-state index in [1.165, 1.54) is 24.4 Å². The van der Waals surface area contributed by atoms with Gasteiger partial charge in [0, 0.05) is 19.6 Å². The van der Waals surface area contributed by atoms with E-state index in [-0.39, 0.29) is 22.7 Å². The highest BCUT2D eigenvalue weighted by atomic mass is 19.4. The molecule has 2 aliphatic heterocycles. The van der Waals surface area contributed by atoms with Crippen molar-refractivity contribution in [1.29, 1.82) is 0 Å². The second-order valence-electron chi connectivity index (χ2n) is 7.28. The molecule has 0 unspecified atom stereocenters. The quantitative estimate of drug-likeness (QED) is 0.871. The Morgan fingerprint density at radius 2 is 1.89 bits per heavy atom. The van der Waals surface area contributed by atoms with Gasteiger partial charge in [-0.2, -0.15) is 13.2 Å². The summed E-state index contributed by atoms with van der Waals surface area (Å²) in [6.07, 6.45) is -0.259. The Balaban J connectivity index is 1.51. The predicted octanol–water partition coefficient (Wildman–Crippen LogP) is 2.50. The molecule has 2 aliphatic rings. The molecule has 0 aliphatic carbocycles. The second kappa shape index (κ2) is 6.63. The molecular weight excluding hydrogens is 359 g/mol. The normalized spacial score (nSPS) is 19.6. The maximum Gasteiger partial charge on any atom is 0.418 e. The fourth-order valence-corrected chi connectivity index (χ4v) is 3.96. The first-order valence-electron chi connectivity index (χ1n) is 8.97. The number of carbonyl (C=O) groups excluding carboxylic acids is 1. The predicted molar refractivity (Wildman–Crippen MR) is 91.4 cm³/mol. The Morgan fingerprint density at radius 3 is 2.56 bits per heavy atom. The van der Waals surface area contributed by atoms with Gasteiger partial charge in [0.2, 0.25) is 0 Å². The van der Waals surface area contributed by atoms with Crippen molar-refractivity contribution in [3.8, 4) is 5.69 Å². The molecule has 2 saturated heterocycles. The number of hydrogen-bond acceptors (Lipinski definition) is 4. The summed E-state index contributed by atoms with van der Waals surface area (Å²) < 4.78 is 40.6. The molecule has 1 aromatic heterocycles. The monoisotopic (exact) mass is 379 g/mol. The number of halogens is 3. The lowest BCUT2D eigenvalue weighted by molar-refractivity contribution is -0.137. The minimum Gasteiger partial charge on any atom is -0.337 e. The minimum atomic E-state index is -4.51. The summed E-state index contributed by atoms with van der Waals surface area (Å²) in [6, 6.07) is 5.10. The van der Waals surface area contributed by atoms with Crippen molar-refractivity contribution in [3.63, 3.8) is 0 Å². The number of carbonyl (C=O) groups is 1. The van der Waals surface area contributed by atoms with Crippen LogP contribution < -0.4 is 5.32 Å². The van der Waals surface area contributed by atoms with E-state index in [1.807, 2.05) is 0 Å². The number of para-hydroxylation sites is 1. The van der Waals surface area contributed by atoms with Gasteiger partial charge in [0.25, 0.3) is 5.91 Å². The number of benzene rings is 1. The summed E-state index contributed by atoms with van der Waals surface area (Å²) in [5.41, 5.74) is -0.624. The van der Waals surface area contributed by atoms with Crippen molar-refractivity contribution in [3.05, 3.63) is 41.7 Å². The summed E-state index contributed by atoms with van der Waals surface area (Å²) in [7, 11) is 0. The molecule has 1 aromatic carbocycles. The van der Waals surface area contributed by atoms with Gasteiger partial charge in [-0.05, 0) is 43.4 Å². The summed E-state index contributed by atoms with van der Waals surface area (Å²) in [6.45, 7) is 3.26. The first-order chi connectivity index (χ1) is 12.9. The number of rotatable bonds is 2. The van der Waals surface area contributed by atoms with Gasteiger partial charge in [0.15, 0.2) is 5.69 Å². The van der Waals surface area contributed by atoms with Crippen molar-refractivity contribution in [2.24, 2.45) is 5.41 Å². The van der Waals surface area contributed by atoms with Gasteiger partial charge < -0.3 is 10.2 Å². The zero-order chi connectivity index (χ0) is 19.1. The van der Waals surface area contributed by atoms with E-state index in [4.69, 9.17) is 0 Å². The topological polar surface area (TPSA) is 63.1 Å². The molecule has 4 rings (SSSR count). The molecule has 1 amide bonds. The highest BCUT2D eigenvalue weighted by Crippen LogP contribution is 2.37. The van der Waals surface area contributed by atoms with Crippen molar-refractivity contribution in [2.45, 2.75) is 25.4 Å². The van der Waals surface area contributed by atoms with Crippen LogP contribution in [0, 0.1) is 5.41 Å². The van der Waals surface area contributed by atoms with E-state index in [2.05, 4.69) is 15.6 Å². The standard InChI is InChI=1S/C18H20F3N5O/c19-18(20,21)13-3-1-2-4-15(13)26-11-14(23-24-26)16(27)25-9-6-17(7-10-25)5-8-22-12-17/h1-4,11,22H,5-10,12H2. The molecule has 0 atom stereocenters. The Morgan fingerprint density at radius 1 is 1.15 bits per heavy atom. The zero-order valence-electron chi connectivity index (χ0n) is 14.7. The number of aromatic nitrogens is 3. The van der Waals surface area contributed by atoms with Gasteiger partial charge in [0.05, 0.1) is 17.4 Å². The first-order valence-corrected chi connectivity index (χ1v) is 8.97. The van der Waals surface area contributed by atoms with E-state index in [1.54, 1.807) is 4.90 Å². The third-order valence-corrected chi connectivity index (χ3v) is 5.61. The summed E-state index contributed by atoms with van der Waals surface area (Å²) in [4.78, 5) is 14.4. The van der Waals surface area contributed by atoms with Crippen molar-refractivity contribution >= 4 is 5.91 Å². The summed E-state index contributed by atoms with van der Waals surface area (Å²) >= 11 is 0. The van der Waals surface area contributed by atoms with Gasteiger partial charge in [-0.1, -0.05) is 17.3 Å². The fraction of sp³-hybridized carbons (Fsp3) is 0.500. The van der Waals surface area contributed by atoms with Crippen LogP contribution in [-0.2, 0) is 6.18 Å². The van der Waals surface area contributed by atoms with Crippen LogP contribution in [-0.4, -0.2) is 52.0 Å². The molecule has 9 heteroatoms. The van der Waals surface area contributed by atoms with Crippen LogP contribution in [0.1, 0.15) is 35.3 Å². The summed E-state index contributed by atoms with van der Waals surface area (Å²) in [5, 5.41) is 11.0. The molecule has 144 valence electrons. The minimum absolute atomic E-state index is 0.0625. The number of nitrogens with zero attached hydrogens (tertiary/aromatic N) is 4. The SMILES string of the molecule is O=C(c1cn(-c2ccccc2C(F)(F)F)nn1)N1CCC2(CCNC2)CC1. The number of piperidine rings is 1. The highest BCUT2D eigenvalue weighted by Gasteiger charge is 2.39. The maximum atomic E-state index is 13.2. The molecule has 3 heterocycles. The molecule has 27 heavy (non-hydrogen) atoms. The average Bonchev–Trinajstić information content (AvgIpc) is 3.31. The van der Waals surface area contributed by atoms with Crippen LogP contribution in [0.5, 0.6) is 0 Å². The lowest BCUT2D eigenvalue weighted by atomic mass is 9.78. The van der Waals surface area contributed by atoms with Crippen molar-refractivity contribution in [1.82, 2.24) is 25.2 Å². The van der Waals surface area contributed by atoms with E-state index < -0.39 is 11.7 Å². The van der Waals surface area contributed by atoms with Gasteiger partial charge in [0.1, 0.15) is 0 Å². The van der Waals surface area contributed by atoms with Crippen LogP contribution >= 0.6 is 0 Å². The smallest absolute Gasteiger partial charge is 0.337 e. The van der Waals surface area contributed by atoms with E-state index in [0.29, 0.717) is 13.1 Å². The fourth-order valence-electron chi connectivity index (χ4n) is 3.96. The lowest BCUT2D eigenvalue weighted by Crippen LogP contribution is -2.44. The molecule has 6 nitrogen and oxygen atoms in total. The van der Waals surface area contributed by atoms with E-state index >= 15 is 0 Å². The Hall–Kier alpha value is -2.42. The molecule has 0 saturated carbocycles. The number of alkyl halides is 3. The number of amides is 1. The third kappa shape index (κ3) is 3.43. The number of likely N-dealkylation sites (tertiary alicyclic amines) is 1. The van der Waals surface area contributed by atoms with Crippen LogP contribution in [0.3, 0.4) is 0 Å². The molecule has 0 bridgehead atoms. The van der Waals surface area contributed by atoms with Crippen LogP contribution in [0.2, 0.25) is 0 Å². The zero-order valence-corrected chi connectivity index (χ0v) is 14.7. The van der Waals surface area contributed by atoms with Crippen molar-refractivity contribution in [2.75, 3.05) is 26.2 Å². The molecule has 2 aromatic rings. The van der Waals surface area contributed by atoms with E-state index in [0.717, 1.165) is 43.1 Å². The molecular formula is C18H20F3N5O. The molecule has 1 N–H and O–H groups in total. The van der Waals surface area contributed by atoms with Gasteiger partial charge in [-0.15, -0.1) is 5.10 Å². The number of nitrogens with one attached hydrogen (secondary N) is 1. The summed E-state index contributed by atoms with van der Waals surface area (Å²) in [5.74, 6) is -0.286. The molecule has 1 spiro atoms. The third-order valence-electron chi connectivity index (χ3n) is 5.61. The van der Waals surface area contributed by atoms with Gasteiger partial charge >= 0.3 is 6.18 Å². The average molecular weight is 379 g/mol. The van der Waals surface area contributed by atoms with Gasteiger partial charge in [-0.25, -0.2) is 4.68 Å². The number of hydrogen-bond donors (Lipinski definition) is 1. The van der Waals surface area contributed by atoms with Crippen LogP contribution in [0.15, 0.2) is 30.5 Å². The second-order valence-corrected chi connectivity index (χ2v) is 7.28. The van der Waals surface area contributed by atoms with E-state index in [9.17, 15) is 18.0 Å². The maximum absolute atomic E-state index is 13.2. The highest BCUT2D eigenvalue weighted by molar-refractivity contribution is 5.92. The largest absolute Gasteiger partial charge is 0.418 e.